The highest BCUT2D eigenvalue weighted by atomic mass is 32.2. The summed E-state index contributed by atoms with van der Waals surface area (Å²) in [5.41, 5.74) is 6.85. The quantitative estimate of drug-likeness (QED) is 0.191. The lowest BCUT2D eigenvalue weighted by atomic mass is 9.93. The highest BCUT2D eigenvalue weighted by Crippen LogP contribution is 2.29. The molecule has 40 heavy (non-hydrogen) atoms. The van der Waals surface area contributed by atoms with Gasteiger partial charge in [-0.3, -0.25) is 9.69 Å². The smallest absolute Gasteiger partial charge is 0.326 e. The van der Waals surface area contributed by atoms with E-state index in [-0.39, 0.29) is 5.91 Å². The van der Waals surface area contributed by atoms with Gasteiger partial charge >= 0.3 is 5.97 Å². The second kappa shape index (κ2) is 14.5. The van der Waals surface area contributed by atoms with Crippen molar-refractivity contribution < 1.29 is 14.7 Å². The van der Waals surface area contributed by atoms with Crippen molar-refractivity contribution in [3.8, 4) is 11.1 Å². The number of thioether (sulfide) groups is 1. The van der Waals surface area contributed by atoms with Crippen molar-refractivity contribution in [3.05, 3.63) is 131 Å². The van der Waals surface area contributed by atoms with Crippen molar-refractivity contribution >= 4 is 23.6 Å². The van der Waals surface area contributed by atoms with Crippen LogP contribution in [-0.2, 0) is 24.4 Å². The maximum absolute atomic E-state index is 13.5. The van der Waals surface area contributed by atoms with Gasteiger partial charge in [0.05, 0.1) is 0 Å². The molecule has 2 N–H and O–H groups in total. The summed E-state index contributed by atoms with van der Waals surface area (Å²) in [6, 6.07) is 33.8. The summed E-state index contributed by atoms with van der Waals surface area (Å²) in [4.78, 5) is 27.7. The highest BCUT2D eigenvalue weighted by molar-refractivity contribution is 7.98. The molecule has 0 aliphatic rings. The van der Waals surface area contributed by atoms with Gasteiger partial charge in [0, 0.05) is 25.2 Å². The lowest BCUT2D eigenvalue weighted by Crippen LogP contribution is -2.41. The van der Waals surface area contributed by atoms with Crippen molar-refractivity contribution in [1.29, 1.82) is 0 Å². The molecule has 6 heteroatoms. The number of rotatable bonds is 13. The molecule has 0 unspecified atom stereocenters. The fourth-order valence-corrected chi connectivity index (χ4v) is 5.30. The number of benzene rings is 4. The molecular weight excluding hydrogens is 516 g/mol. The average molecular weight is 553 g/mol. The number of carbonyl (C=O) groups excluding carboxylic acids is 1. The van der Waals surface area contributed by atoms with Crippen molar-refractivity contribution in [1.82, 2.24) is 10.2 Å². The standard InChI is InChI=1S/C34H36N2O3S/c1-25-11-9-10-16-29(25)31-21-28(17-18-30(31)33(37)35-32(34(38)39)19-20-40-2)24-36(22-26-12-5-3-6-13-26)23-27-14-7-4-8-15-27/h3-18,21,32H,19-20,22-24H2,1-2H3,(H,35,37)(H,38,39)/t32-/m0/s1. The average Bonchev–Trinajstić information content (AvgIpc) is 2.96. The third kappa shape index (κ3) is 8.07. The van der Waals surface area contributed by atoms with Crippen LogP contribution in [0.15, 0.2) is 103 Å². The van der Waals surface area contributed by atoms with E-state index in [0.29, 0.717) is 24.3 Å². The van der Waals surface area contributed by atoms with Crippen molar-refractivity contribution in [2.24, 2.45) is 0 Å². The molecule has 0 heterocycles. The molecule has 1 atom stereocenters. The summed E-state index contributed by atoms with van der Waals surface area (Å²) in [5, 5.41) is 12.4. The topological polar surface area (TPSA) is 69.6 Å². The van der Waals surface area contributed by atoms with E-state index in [4.69, 9.17) is 0 Å². The second-order valence-electron chi connectivity index (χ2n) is 9.96. The Morgan fingerprint density at radius 2 is 1.35 bits per heavy atom. The van der Waals surface area contributed by atoms with Crippen LogP contribution in [0.1, 0.15) is 39.0 Å². The Morgan fingerprint density at radius 1 is 0.775 bits per heavy atom. The molecule has 4 rings (SSSR count). The molecule has 0 aliphatic heterocycles. The lowest BCUT2D eigenvalue weighted by molar-refractivity contribution is -0.139. The van der Waals surface area contributed by atoms with E-state index in [1.807, 2.05) is 61.7 Å². The largest absolute Gasteiger partial charge is 0.480 e. The molecule has 0 radical (unpaired) electrons. The molecule has 206 valence electrons. The number of amides is 1. The first kappa shape index (κ1) is 29.1. The Balaban J connectivity index is 1.67. The van der Waals surface area contributed by atoms with Crippen LogP contribution in [0.3, 0.4) is 0 Å². The van der Waals surface area contributed by atoms with E-state index in [0.717, 1.165) is 35.3 Å². The molecular formula is C34H36N2O3S. The molecule has 0 aliphatic carbocycles. The summed E-state index contributed by atoms with van der Waals surface area (Å²) in [6.45, 7) is 4.29. The maximum Gasteiger partial charge on any atom is 0.326 e. The van der Waals surface area contributed by atoms with Crippen LogP contribution in [0, 0.1) is 6.92 Å². The minimum absolute atomic E-state index is 0.369. The number of carboxylic acid groups (broad SMARTS) is 1. The Bertz CT molecular complexity index is 1370. The van der Waals surface area contributed by atoms with E-state index >= 15 is 0 Å². The Kier molecular flexibility index (Phi) is 10.6. The summed E-state index contributed by atoms with van der Waals surface area (Å²) in [5.74, 6) is -0.739. The molecule has 0 aromatic heterocycles. The number of aryl methyl sites for hydroxylation is 1. The fraction of sp³-hybridized carbons (Fsp3) is 0.235. The zero-order valence-corrected chi connectivity index (χ0v) is 23.9. The Hall–Kier alpha value is -3.87. The first-order valence-corrected chi connectivity index (χ1v) is 14.9. The van der Waals surface area contributed by atoms with Crippen LogP contribution < -0.4 is 5.32 Å². The van der Waals surface area contributed by atoms with Gasteiger partial charge in [0.15, 0.2) is 0 Å². The van der Waals surface area contributed by atoms with Crippen molar-refractivity contribution in [2.75, 3.05) is 12.0 Å². The number of carboxylic acids is 1. The zero-order chi connectivity index (χ0) is 28.3. The molecule has 0 fully saturated rings. The van der Waals surface area contributed by atoms with Gasteiger partial charge in [-0.25, -0.2) is 4.79 Å². The third-order valence-electron chi connectivity index (χ3n) is 6.88. The first-order valence-electron chi connectivity index (χ1n) is 13.5. The van der Waals surface area contributed by atoms with E-state index in [9.17, 15) is 14.7 Å². The number of hydrogen-bond acceptors (Lipinski definition) is 4. The minimum atomic E-state index is -1.02. The van der Waals surface area contributed by atoms with Gasteiger partial charge in [0.2, 0.25) is 0 Å². The number of aliphatic carboxylic acids is 1. The molecule has 0 bridgehead atoms. The molecule has 5 nitrogen and oxygen atoms in total. The summed E-state index contributed by atoms with van der Waals surface area (Å²) in [6.07, 6.45) is 2.29. The van der Waals surface area contributed by atoms with Crippen molar-refractivity contribution in [3.63, 3.8) is 0 Å². The lowest BCUT2D eigenvalue weighted by Gasteiger charge is -2.24. The molecule has 0 saturated carbocycles. The third-order valence-corrected chi connectivity index (χ3v) is 7.53. The molecule has 0 spiro atoms. The summed E-state index contributed by atoms with van der Waals surface area (Å²) >= 11 is 1.56. The van der Waals surface area contributed by atoms with Gasteiger partial charge in [-0.2, -0.15) is 11.8 Å². The first-order chi connectivity index (χ1) is 19.4. The van der Waals surface area contributed by atoms with Crippen LogP contribution in [0.5, 0.6) is 0 Å². The fourth-order valence-electron chi connectivity index (χ4n) is 4.82. The minimum Gasteiger partial charge on any atom is -0.480 e. The van der Waals surface area contributed by atoms with Crippen LogP contribution in [0.2, 0.25) is 0 Å². The Morgan fingerprint density at radius 3 is 1.93 bits per heavy atom. The maximum atomic E-state index is 13.5. The van der Waals surface area contributed by atoms with Crippen LogP contribution in [-0.4, -0.2) is 39.9 Å². The molecule has 4 aromatic carbocycles. The highest BCUT2D eigenvalue weighted by Gasteiger charge is 2.23. The zero-order valence-electron chi connectivity index (χ0n) is 23.0. The molecule has 4 aromatic rings. The van der Waals surface area contributed by atoms with Gasteiger partial charge in [-0.1, -0.05) is 91.0 Å². The van der Waals surface area contributed by atoms with E-state index in [1.165, 1.54) is 11.1 Å². The number of nitrogens with one attached hydrogen (secondary N) is 1. The normalized spacial score (nSPS) is 11.8. The molecule has 1 amide bonds. The number of nitrogens with zero attached hydrogens (tertiary/aromatic N) is 1. The van der Waals surface area contributed by atoms with Crippen LogP contribution >= 0.6 is 11.8 Å². The van der Waals surface area contributed by atoms with Crippen LogP contribution in [0.25, 0.3) is 11.1 Å². The summed E-state index contributed by atoms with van der Waals surface area (Å²) in [7, 11) is 0. The second-order valence-corrected chi connectivity index (χ2v) is 10.9. The van der Waals surface area contributed by atoms with Crippen LogP contribution in [0.4, 0.5) is 0 Å². The number of carbonyl (C=O) groups is 2. The Labute approximate surface area is 241 Å². The van der Waals surface area contributed by atoms with E-state index in [1.54, 1.807) is 11.8 Å². The predicted molar refractivity (Wildman–Crippen MR) is 164 cm³/mol. The van der Waals surface area contributed by atoms with E-state index < -0.39 is 12.0 Å². The van der Waals surface area contributed by atoms with Gasteiger partial charge < -0.3 is 10.4 Å². The number of hydrogen-bond donors (Lipinski definition) is 2. The van der Waals surface area contributed by atoms with Crippen molar-refractivity contribution in [2.45, 2.75) is 39.0 Å². The van der Waals surface area contributed by atoms with Gasteiger partial charge in [0.25, 0.3) is 5.91 Å². The van der Waals surface area contributed by atoms with Gasteiger partial charge in [-0.05, 0) is 70.9 Å². The van der Waals surface area contributed by atoms with Gasteiger partial charge in [-0.15, -0.1) is 0 Å². The SMILES string of the molecule is CSCC[C@H](NC(=O)c1ccc(CN(Cc2ccccc2)Cc2ccccc2)cc1-c1ccccc1C)C(=O)O. The van der Waals surface area contributed by atoms with E-state index in [2.05, 4.69) is 64.8 Å². The van der Waals surface area contributed by atoms with Gasteiger partial charge in [0.1, 0.15) is 6.04 Å². The monoisotopic (exact) mass is 552 g/mol. The molecule has 0 saturated heterocycles. The predicted octanol–water partition coefficient (Wildman–Crippen LogP) is 6.80. The summed E-state index contributed by atoms with van der Waals surface area (Å²) < 4.78 is 0.